The molecule has 1 aromatic rings. The van der Waals surface area contributed by atoms with Gasteiger partial charge < -0.3 is 20.7 Å². The van der Waals surface area contributed by atoms with E-state index in [0.29, 0.717) is 6.54 Å². The van der Waals surface area contributed by atoms with Crippen molar-refractivity contribution in [2.75, 3.05) is 31.5 Å². The van der Waals surface area contributed by atoms with E-state index in [2.05, 4.69) is 33.8 Å². The maximum absolute atomic E-state index is 12.4. The van der Waals surface area contributed by atoms with Crippen LogP contribution < -0.4 is 15.8 Å². The predicted octanol–water partition coefficient (Wildman–Crippen LogP) is 4.05. The molecule has 0 saturated heterocycles. The molecule has 0 heterocycles. The second-order valence-electron chi connectivity index (χ2n) is 5.17. The minimum absolute atomic E-state index is 0. The highest BCUT2D eigenvalue weighted by molar-refractivity contribution is 14.0. The molecule has 0 unspecified atom stereocenters. The van der Waals surface area contributed by atoms with Gasteiger partial charge in [0, 0.05) is 6.54 Å². The number of hydrogen-bond acceptors (Lipinski definition) is 3. The lowest BCUT2D eigenvalue weighted by atomic mass is 10.3. The molecule has 0 saturated carbocycles. The Balaban J connectivity index is 0.00000576. The fourth-order valence-electron chi connectivity index (χ4n) is 2.15. The number of unbranched alkanes of at least 4 members (excludes halogenated alkanes) is 1. The first-order chi connectivity index (χ1) is 11.4. The second-order valence-corrected chi connectivity index (χ2v) is 5.17. The van der Waals surface area contributed by atoms with Crippen LogP contribution in [0.3, 0.4) is 0 Å². The predicted molar refractivity (Wildman–Crippen MR) is 106 cm³/mol. The summed E-state index contributed by atoms with van der Waals surface area (Å²) >= 11 is 0. The minimum Gasteiger partial charge on any atom is -0.404 e. The third kappa shape index (κ3) is 10.4. The van der Waals surface area contributed by atoms with E-state index in [9.17, 15) is 13.2 Å². The number of para-hydroxylation sites is 2. The van der Waals surface area contributed by atoms with Crippen LogP contribution in [0.25, 0.3) is 0 Å². The molecule has 0 aliphatic heterocycles. The normalized spacial score (nSPS) is 12.0. The molecule has 0 bridgehead atoms. The Hall–Kier alpha value is -1.23. The molecule has 9 heteroatoms. The van der Waals surface area contributed by atoms with E-state index in [-0.39, 0.29) is 41.4 Å². The third-order valence-corrected chi connectivity index (χ3v) is 3.43. The monoisotopic (exact) mass is 474 g/mol. The highest BCUT2D eigenvalue weighted by atomic mass is 127. The zero-order valence-electron chi connectivity index (χ0n) is 14.5. The molecule has 144 valence electrons. The van der Waals surface area contributed by atoms with Gasteiger partial charge >= 0.3 is 6.36 Å². The van der Waals surface area contributed by atoms with E-state index < -0.39 is 6.36 Å². The number of aliphatic imine (C=N–C) groups is 1. The topological polar surface area (TPSA) is 62.9 Å². The molecule has 3 N–H and O–H groups in total. The summed E-state index contributed by atoms with van der Waals surface area (Å²) in [6.45, 7) is 7.77. The van der Waals surface area contributed by atoms with Crippen LogP contribution >= 0.6 is 24.0 Å². The summed E-state index contributed by atoms with van der Waals surface area (Å²) in [7, 11) is 0. The number of nitrogens with one attached hydrogen (secondary N) is 1. The third-order valence-electron chi connectivity index (χ3n) is 3.43. The first-order valence-electron chi connectivity index (χ1n) is 7.99. The van der Waals surface area contributed by atoms with Crippen molar-refractivity contribution in [1.82, 2.24) is 4.90 Å². The Morgan fingerprint density at radius 2 is 1.84 bits per heavy atom. The molecule has 0 fully saturated rings. The van der Waals surface area contributed by atoms with Gasteiger partial charge in [0.15, 0.2) is 11.7 Å². The minimum atomic E-state index is -4.76. The number of nitrogens with zero attached hydrogens (tertiary/aromatic N) is 2. The fourth-order valence-corrected chi connectivity index (χ4v) is 2.15. The molecule has 0 radical (unpaired) electrons. The molecule has 0 atom stereocenters. The number of halogens is 4. The Bertz CT molecular complexity index is 522. The van der Waals surface area contributed by atoms with Gasteiger partial charge in [-0.1, -0.05) is 26.0 Å². The van der Waals surface area contributed by atoms with E-state index in [1.165, 1.54) is 18.2 Å². The van der Waals surface area contributed by atoms with Crippen LogP contribution in [-0.2, 0) is 0 Å². The SMILES string of the molecule is CCN(CC)CCCCN=C(N)Nc1ccccc1OC(F)(F)F.I. The number of nitrogens with two attached hydrogens (primary N) is 1. The van der Waals surface area contributed by atoms with Crippen LogP contribution in [0.15, 0.2) is 29.3 Å². The highest BCUT2D eigenvalue weighted by Gasteiger charge is 2.32. The Labute approximate surface area is 163 Å². The first kappa shape index (κ1) is 23.8. The number of guanidine groups is 1. The summed E-state index contributed by atoms with van der Waals surface area (Å²) in [4.78, 5) is 6.45. The molecule has 0 aliphatic carbocycles. The van der Waals surface area contributed by atoms with Gasteiger partial charge in [0.1, 0.15) is 0 Å². The maximum Gasteiger partial charge on any atom is 0.573 e. The van der Waals surface area contributed by atoms with Crippen molar-refractivity contribution in [1.29, 1.82) is 0 Å². The summed E-state index contributed by atoms with van der Waals surface area (Å²) in [5.41, 5.74) is 5.85. The van der Waals surface area contributed by atoms with Gasteiger partial charge in [-0.2, -0.15) is 0 Å². The average Bonchev–Trinajstić information content (AvgIpc) is 2.51. The number of hydrogen-bond donors (Lipinski definition) is 2. The van der Waals surface area contributed by atoms with Crippen LogP contribution in [0.1, 0.15) is 26.7 Å². The van der Waals surface area contributed by atoms with Crippen molar-refractivity contribution >= 4 is 35.6 Å². The van der Waals surface area contributed by atoms with Crippen LogP contribution in [0, 0.1) is 0 Å². The van der Waals surface area contributed by atoms with Crippen molar-refractivity contribution in [3.63, 3.8) is 0 Å². The summed E-state index contributed by atoms with van der Waals surface area (Å²) in [5.74, 6) is -0.277. The molecular weight excluding hydrogens is 448 g/mol. The Morgan fingerprint density at radius 1 is 1.20 bits per heavy atom. The quantitative estimate of drug-likeness (QED) is 0.246. The first-order valence-corrected chi connectivity index (χ1v) is 7.99. The zero-order valence-corrected chi connectivity index (χ0v) is 16.8. The Kier molecular flexibility index (Phi) is 11.6. The van der Waals surface area contributed by atoms with Gasteiger partial charge in [-0.15, -0.1) is 37.1 Å². The van der Waals surface area contributed by atoms with E-state index >= 15 is 0 Å². The van der Waals surface area contributed by atoms with E-state index in [1.807, 2.05) is 0 Å². The van der Waals surface area contributed by atoms with Crippen molar-refractivity contribution in [3.05, 3.63) is 24.3 Å². The lowest BCUT2D eigenvalue weighted by Crippen LogP contribution is -2.25. The maximum atomic E-state index is 12.4. The van der Waals surface area contributed by atoms with Gasteiger partial charge in [-0.25, -0.2) is 0 Å². The van der Waals surface area contributed by atoms with Crippen LogP contribution in [0.5, 0.6) is 5.75 Å². The smallest absolute Gasteiger partial charge is 0.404 e. The van der Waals surface area contributed by atoms with Crippen molar-refractivity contribution in [2.45, 2.75) is 33.1 Å². The van der Waals surface area contributed by atoms with Gasteiger partial charge in [-0.05, 0) is 44.6 Å². The molecular formula is C16H26F3IN4O. The summed E-state index contributed by atoms with van der Waals surface area (Å²) in [5, 5.41) is 2.65. The molecule has 0 aromatic heterocycles. The number of rotatable bonds is 9. The highest BCUT2D eigenvalue weighted by Crippen LogP contribution is 2.29. The summed E-state index contributed by atoms with van der Waals surface area (Å²) in [6.07, 6.45) is -2.90. The zero-order chi connectivity index (χ0) is 18.0. The molecule has 1 aromatic carbocycles. The molecule has 0 spiro atoms. The van der Waals surface area contributed by atoms with Gasteiger partial charge in [0.2, 0.25) is 0 Å². The van der Waals surface area contributed by atoms with Crippen LogP contribution in [-0.4, -0.2) is 43.4 Å². The van der Waals surface area contributed by atoms with Crippen LogP contribution in [0.4, 0.5) is 18.9 Å². The van der Waals surface area contributed by atoms with E-state index in [1.54, 1.807) is 6.07 Å². The summed E-state index contributed by atoms with van der Waals surface area (Å²) < 4.78 is 41.0. The number of alkyl halides is 3. The molecule has 1 rings (SSSR count). The van der Waals surface area contributed by atoms with Gasteiger partial charge in [0.05, 0.1) is 5.69 Å². The molecule has 0 amide bonds. The molecule has 0 aliphatic rings. The van der Waals surface area contributed by atoms with Crippen molar-refractivity contribution in [3.8, 4) is 5.75 Å². The summed E-state index contributed by atoms with van der Waals surface area (Å²) in [6, 6.07) is 5.70. The standard InChI is InChI=1S/C16H25F3N4O.HI/c1-3-23(4-2)12-8-7-11-21-15(20)22-13-9-5-6-10-14(13)24-16(17,18)19;/h5-6,9-10H,3-4,7-8,11-12H2,1-2H3,(H3,20,21,22);1H. The second kappa shape index (κ2) is 12.2. The number of anilines is 1. The van der Waals surface area contributed by atoms with E-state index in [4.69, 9.17) is 5.73 Å². The van der Waals surface area contributed by atoms with Crippen molar-refractivity contribution in [2.24, 2.45) is 10.7 Å². The molecule has 5 nitrogen and oxygen atoms in total. The van der Waals surface area contributed by atoms with Gasteiger partial charge in [-0.3, -0.25) is 4.99 Å². The number of benzene rings is 1. The average molecular weight is 474 g/mol. The number of ether oxygens (including phenoxy) is 1. The fraction of sp³-hybridized carbons (Fsp3) is 0.562. The van der Waals surface area contributed by atoms with E-state index in [0.717, 1.165) is 32.5 Å². The lowest BCUT2D eigenvalue weighted by molar-refractivity contribution is -0.274. The molecule has 25 heavy (non-hydrogen) atoms. The largest absolute Gasteiger partial charge is 0.573 e. The Morgan fingerprint density at radius 3 is 2.44 bits per heavy atom. The van der Waals surface area contributed by atoms with Crippen LogP contribution in [0.2, 0.25) is 0 Å². The van der Waals surface area contributed by atoms with Crippen molar-refractivity contribution < 1.29 is 17.9 Å². The lowest BCUT2D eigenvalue weighted by Gasteiger charge is -2.17. The van der Waals surface area contributed by atoms with Gasteiger partial charge in [0.25, 0.3) is 0 Å².